The van der Waals surface area contributed by atoms with Gasteiger partial charge in [-0.25, -0.2) is 8.42 Å². The van der Waals surface area contributed by atoms with E-state index in [-0.39, 0.29) is 34.6 Å². The number of hydrogen-bond acceptors (Lipinski definition) is 9. The van der Waals surface area contributed by atoms with Crippen LogP contribution in [0.1, 0.15) is 63.6 Å². The van der Waals surface area contributed by atoms with Crippen LogP contribution in [0.5, 0.6) is 17.2 Å². The number of methoxy groups -OCH3 is 3. The minimum Gasteiger partial charge on any atom is -0.493 e. The van der Waals surface area contributed by atoms with Crippen molar-refractivity contribution in [1.82, 2.24) is 5.32 Å². The summed E-state index contributed by atoms with van der Waals surface area (Å²) in [6.45, 7) is 5.71. The number of rotatable bonds is 11. The van der Waals surface area contributed by atoms with E-state index in [4.69, 9.17) is 14.2 Å². The molecule has 0 unspecified atom stereocenters. The van der Waals surface area contributed by atoms with Gasteiger partial charge in [0, 0.05) is 24.7 Å². The van der Waals surface area contributed by atoms with Gasteiger partial charge in [0.15, 0.2) is 11.5 Å². The zero-order valence-corrected chi connectivity index (χ0v) is 30.2. The van der Waals surface area contributed by atoms with Crippen LogP contribution in [0.15, 0.2) is 53.3 Å². The van der Waals surface area contributed by atoms with Crippen molar-refractivity contribution in [2.75, 3.05) is 48.6 Å². The Bertz CT molecular complexity index is 1930. The quantitative estimate of drug-likeness (QED) is 0.243. The summed E-state index contributed by atoms with van der Waals surface area (Å²) in [5.74, 6) is 0.641. The summed E-state index contributed by atoms with van der Waals surface area (Å²) in [7, 11) is 1.19. The first kappa shape index (κ1) is 36.5. The third-order valence-corrected chi connectivity index (χ3v) is 11.3. The maximum atomic E-state index is 14.0. The molecule has 1 heterocycles. The highest BCUT2D eigenvalue weighted by Crippen LogP contribution is 2.50. The predicted molar refractivity (Wildman–Crippen MR) is 195 cm³/mol. The average molecular weight is 707 g/mol. The molecule has 1 aliphatic heterocycles. The molecule has 13 heteroatoms. The molecule has 50 heavy (non-hydrogen) atoms. The Morgan fingerprint density at radius 1 is 1.00 bits per heavy atom. The number of carbonyl (C=O) groups excluding carboxylic acids is 2. The minimum absolute atomic E-state index is 0.0880. The van der Waals surface area contributed by atoms with Crippen molar-refractivity contribution in [1.29, 1.82) is 0 Å². The SMILES string of the molecule is CC[C@@H](C)[C@H](Nc1ccc2c(cc1=O)[C@@H](NC(C)=O)CCc1cc(OC)c(OC)c(OC)c1-2)C(=O)Nc1cccc(N2CCCCS2(=O)=O)c1. The Kier molecular flexibility index (Phi) is 11.2. The Hall–Kier alpha value is -4.78. The van der Waals surface area contributed by atoms with Crippen LogP contribution in [-0.4, -0.2) is 59.9 Å². The zero-order valence-electron chi connectivity index (χ0n) is 29.4. The summed E-state index contributed by atoms with van der Waals surface area (Å²) in [6, 6.07) is 12.4. The van der Waals surface area contributed by atoms with Gasteiger partial charge in [-0.3, -0.25) is 18.7 Å². The molecule has 3 aromatic carbocycles. The van der Waals surface area contributed by atoms with Crippen molar-refractivity contribution in [2.24, 2.45) is 5.92 Å². The number of anilines is 3. The second-order valence-electron chi connectivity index (χ2n) is 12.7. The molecule has 268 valence electrons. The lowest BCUT2D eigenvalue weighted by molar-refractivity contribution is -0.120. The van der Waals surface area contributed by atoms with Gasteiger partial charge < -0.3 is 30.2 Å². The van der Waals surface area contributed by atoms with E-state index >= 15 is 0 Å². The lowest BCUT2D eigenvalue weighted by Crippen LogP contribution is -2.41. The molecule has 3 atom stereocenters. The molecule has 0 spiro atoms. The van der Waals surface area contributed by atoms with Gasteiger partial charge in [-0.05, 0) is 84.7 Å². The van der Waals surface area contributed by atoms with Gasteiger partial charge >= 0.3 is 0 Å². The molecule has 0 radical (unpaired) electrons. The number of sulfonamides is 1. The summed E-state index contributed by atoms with van der Waals surface area (Å²) in [5.41, 5.74) is 3.69. The Balaban J connectivity index is 1.55. The molecule has 5 rings (SSSR count). The summed E-state index contributed by atoms with van der Waals surface area (Å²) < 4.78 is 44.0. The van der Waals surface area contributed by atoms with Gasteiger partial charge in [0.1, 0.15) is 6.04 Å². The van der Waals surface area contributed by atoms with Crippen molar-refractivity contribution in [3.05, 3.63) is 69.9 Å². The molecule has 0 bridgehead atoms. The van der Waals surface area contributed by atoms with Gasteiger partial charge in [-0.1, -0.05) is 32.4 Å². The molecule has 12 nitrogen and oxygen atoms in total. The lowest BCUT2D eigenvalue weighted by Gasteiger charge is -2.29. The second kappa shape index (κ2) is 15.4. The Labute approximate surface area is 293 Å². The fourth-order valence-electron chi connectivity index (χ4n) is 6.73. The fourth-order valence-corrected chi connectivity index (χ4v) is 8.37. The molecule has 3 aromatic rings. The first-order valence-corrected chi connectivity index (χ1v) is 18.5. The van der Waals surface area contributed by atoms with Crippen LogP contribution in [0.2, 0.25) is 0 Å². The molecule has 1 saturated heterocycles. The van der Waals surface area contributed by atoms with E-state index in [1.807, 2.05) is 19.9 Å². The number of nitrogens with one attached hydrogen (secondary N) is 3. The van der Waals surface area contributed by atoms with Crippen LogP contribution in [0, 0.1) is 5.92 Å². The van der Waals surface area contributed by atoms with Crippen LogP contribution in [0.3, 0.4) is 0 Å². The first-order valence-electron chi connectivity index (χ1n) is 16.9. The second-order valence-corrected chi connectivity index (χ2v) is 14.8. The molecule has 1 aliphatic carbocycles. The number of hydrogen-bond donors (Lipinski definition) is 3. The fraction of sp³-hybridized carbons (Fsp3) is 0.432. The normalized spacial score (nSPS) is 17.6. The lowest BCUT2D eigenvalue weighted by atomic mass is 9.95. The van der Waals surface area contributed by atoms with E-state index in [0.29, 0.717) is 72.0 Å². The summed E-state index contributed by atoms with van der Waals surface area (Å²) >= 11 is 0. The van der Waals surface area contributed by atoms with E-state index in [0.717, 1.165) is 17.5 Å². The standard InChI is InChI=1S/C37H46N4O8S/c1-7-22(2)34(37(44)39-25-11-10-12-26(20-25)41-17-8-9-18-50(41,45)46)40-30-16-14-27-28(21-31(30)43)29(38-23(3)42)15-13-24-19-32(47-4)35(48-5)36(49-6)33(24)27/h10-12,14,16,19-22,29,34H,7-9,13,15,17-18H2,1-6H3,(H,38,42)(H,39,44)(H,40,43)/t22-,29+,34+/m1/s1. The van der Waals surface area contributed by atoms with Gasteiger partial charge in [-0.2, -0.15) is 0 Å². The van der Waals surface area contributed by atoms with Gasteiger partial charge in [0.05, 0.1) is 44.5 Å². The number of fused-ring (bicyclic) bond motifs is 3. The van der Waals surface area contributed by atoms with Crippen LogP contribution in [0.25, 0.3) is 11.1 Å². The zero-order chi connectivity index (χ0) is 36.2. The van der Waals surface area contributed by atoms with E-state index in [1.54, 1.807) is 50.6 Å². The van der Waals surface area contributed by atoms with Gasteiger partial charge in [0.2, 0.25) is 33.0 Å². The Morgan fingerprint density at radius 3 is 2.42 bits per heavy atom. The van der Waals surface area contributed by atoms with Crippen LogP contribution in [-0.2, 0) is 26.0 Å². The number of aryl methyl sites for hydroxylation is 1. The highest BCUT2D eigenvalue weighted by molar-refractivity contribution is 7.92. The van der Waals surface area contributed by atoms with Crippen molar-refractivity contribution in [2.45, 2.75) is 65.0 Å². The van der Waals surface area contributed by atoms with Crippen LogP contribution >= 0.6 is 0 Å². The summed E-state index contributed by atoms with van der Waals surface area (Å²) in [5, 5.41) is 9.17. The molecule has 0 saturated carbocycles. The smallest absolute Gasteiger partial charge is 0.247 e. The maximum absolute atomic E-state index is 14.0. The van der Waals surface area contributed by atoms with Crippen LogP contribution in [0.4, 0.5) is 17.1 Å². The number of benzene rings is 2. The highest BCUT2D eigenvalue weighted by atomic mass is 32.2. The van der Waals surface area contributed by atoms with E-state index in [9.17, 15) is 22.8 Å². The third kappa shape index (κ3) is 7.52. The monoisotopic (exact) mass is 706 g/mol. The third-order valence-electron chi connectivity index (χ3n) is 9.47. The van der Waals surface area contributed by atoms with E-state index in [1.165, 1.54) is 24.4 Å². The number of carbonyl (C=O) groups is 2. The van der Waals surface area contributed by atoms with Crippen LogP contribution < -0.4 is 39.9 Å². The largest absolute Gasteiger partial charge is 0.493 e. The number of amides is 2. The Morgan fingerprint density at radius 2 is 1.76 bits per heavy atom. The molecule has 2 aliphatic rings. The van der Waals surface area contributed by atoms with E-state index in [2.05, 4.69) is 16.0 Å². The van der Waals surface area contributed by atoms with Crippen molar-refractivity contribution >= 4 is 38.9 Å². The highest BCUT2D eigenvalue weighted by Gasteiger charge is 2.31. The average Bonchev–Trinajstić information content (AvgIpc) is 3.33. The maximum Gasteiger partial charge on any atom is 0.247 e. The molecule has 2 amide bonds. The first-order chi connectivity index (χ1) is 23.9. The molecular formula is C37H46N4O8S. The molecular weight excluding hydrogens is 660 g/mol. The summed E-state index contributed by atoms with van der Waals surface area (Å²) in [6.07, 6.45) is 3.10. The summed E-state index contributed by atoms with van der Waals surface area (Å²) in [4.78, 5) is 40.2. The molecule has 0 aromatic heterocycles. The van der Waals surface area contributed by atoms with Crippen molar-refractivity contribution in [3.8, 4) is 28.4 Å². The minimum atomic E-state index is -3.43. The topological polar surface area (TPSA) is 152 Å². The molecule has 3 N–H and O–H groups in total. The van der Waals surface area contributed by atoms with Crippen molar-refractivity contribution < 1.29 is 32.2 Å². The number of ether oxygens (including phenoxy) is 3. The predicted octanol–water partition coefficient (Wildman–Crippen LogP) is 5.26. The van der Waals surface area contributed by atoms with Gasteiger partial charge in [0.25, 0.3) is 0 Å². The van der Waals surface area contributed by atoms with Gasteiger partial charge in [-0.15, -0.1) is 0 Å². The van der Waals surface area contributed by atoms with E-state index < -0.39 is 22.1 Å². The number of nitrogens with zero attached hydrogens (tertiary/aromatic N) is 1. The van der Waals surface area contributed by atoms with Crippen molar-refractivity contribution in [3.63, 3.8) is 0 Å². The molecule has 1 fully saturated rings.